The summed E-state index contributed by atoms with van der Waals surface area (Å²) >= 11 is 0. The van der Waals surface area contributed by atoms with Crippen LogP contribution < -0.4 is 5.32 Å². The monoisotopic (exact) mass is 301 g/mol. The molecular formula is C15H19N5O2. The molecule has 3 rings (SSSR count). The van der Waals surface area contributed by atoms with Gasteiger partial charge in [-0.2, -0.15) is 0 Å². The van der Waals surface area contributed by atoms with E-state index in [0.717, 1.165) is 0 Å². The highest BCUT2D eigenvalue weighted by atomic mass is 16.5. The predicted molar refractivity (Wildman–Crippen MR) is 81.4 cm³/mol. The molecule has 0 aliphatic carbocycles. The highest BCUT2D eigenvalue weighted by Gasteiger charge is 2.31. The zero-order valence-corrected chi connectivity index (χ0v) is 12.7. The topological polar surface area (TPSA) is 72.3 Å². The van der Waals surface area contributed by atoms with Gasteiger partial charge in [0.15, 0.2) is 5.82 Å². The first-order valence-corrected chi connectivity index (χ1v) is 7.20. The highest BCUT2D eigenvalue weighted by Crippen LogP contribution is 2.16. The van der Waals surface area contributed by atoms with E-state index in [-0.39, 0.29) is 12.1 Å². The molecule has 2 amide bonds. The molecule has 0 bridgehead atoms. The molecule has 2 aromatic rings. The number of benzene rings is 1. The molecule has 116 valence electrons. The summed E-state index contributed by atoms with van der Waals surface area (Å²) in [7, 11) is 1.75. The van der Waals surface area contributed by atoms with E-state index in [1.54, 1.807) is 22.8 Å². The minimum Gasteiger partial charge on any atom is -0.370 e. The van der Waals surface area contributed by atoms with E-state index in [0.29, 0.717) is 25.5 Å². The lowest BCUT2D eigenvalue weighted by atomic mass is 10.1. The zero-order valence-electron chi connectivity index (χ0n) is 12.7. The Morgan fingerprint density at radius 2 is 2.18 bits per heavy atom. The zero-order chi connectivity index (χ0) is 15.5. The van der Waals surface area contributed by atoms with Crippen LogP contribution in [0.4, 0.5) is 10.6 Å². The number of carbonyl (C=O) groups is 1. The molecule has 0 atom stereocenters. The lowest BCUT2D eigenvalue weighted by Crippen LogP contribution is -2.56. The summed E-state index contributed by atoms with van der Waals surface area (Å²) in [5, 5.41) is 10.3. The number of amides is 2. The Labute approximate surface area is 128 Å². The van der Waals surface area contributed by atoms with Crippen molar-refractivity contribution in [1.29, 1.82) is 0 Å². The van der Waals surface area contributed by atoms with Gasteiger partial charge in [0, 0.05) is 7.05 Å². The first-order valence-electron chi connectivity index (χ1n) is 7.20. The van der Waals surface area contributed by atoms with E-state index in [2.05, 4.69) is 34.7 Å². The molecule has 1 N–H and O–H groups in total. The first kappa shape index (κ1) is 14.5. The number of anilines is 1. The third-order valence-corrected chi connectivity index (χ3v) is 3.71. The highest BCUT2D eigenvalue weighted by molar-refractivity contribution is 5.88. The number of hydrogen-bond acceptors (Lipinski definition) is 4. The lowest BCUT2D eigenvalue weighted by molar-refractivity contribution is -0.0422. The number of aromatic nitrogens is 3. The van der Waals surface area contributed by atoms with Crippen LogP contribution in [0.1, 0.15) is 11.1 Å². The minimum atomic E-state index is -0.170. The van der Waals surface area contributed by atoms with Crippen LogP contribution in [-0.4, -0.2) is 45.1 Å². The van der Waals surface area contributed by atoms with Gasteiger partial charge < -0.3 is 9.64 Å². The van der Waals surface area contributed by atoms with E-state index in [1.165, 1.54) is 11.1 Å². The maximum Gasteiger partial charge on any atom is 0.323 e. The Hall–Kier alpha value is -2.41. The molecule has 1 fully saturated rings. The third kappa shape index (κ3) is 3.25. The summed E-state index contributed by atoms with van der Waals surface area (Å²) in [5.74, 6) is 0.455. The minimum absolute atomic E-state index is 0.0900. The van der Waals surface area contributed by atoms with Crippen LogP contribution in [-0.2, 0) is 18.4 Å². The summed E-state index contributed by atoms with van der Waals surface area (Å²) in [6.45, 7) is 3.84. The second-order valence-electron chi connectivity index (χ2n) is 5.47. The Bertz CT molecular complexity index is 663. The molecular weight excluding hydrogens is 282 g/mol. The van der Waals surface area contributed by atoms with Gasteiger partial charge in [-0.25, -0.2) is 4.79 Å². The Morgan fingerprint density at radius 3 is 2.86 bits per heavy atom. The number of carbonyl (C=O) groups excluding carboxylic acids is 1. The molecule has 7 heteroatoms. The maximum absolute atomic E-state index is 12.0. The fourth-order valence-corrected chi connectivity index (χ4v) is 2.28. The summed E-state index contributed by atoms with van der Waals surface area (Å²) in [6, 6.07) is 7.98. The van der Waals surface area contributed by atoms with Gasteiger partial charge in [0.1, 0.15) is 0 Å². The summed E-state index contributed by atoms with van der Waals surface area (Å²) < 4.78 is 7.37. The van der Waals surface area contributed by atoms with Gasteiger partial charge in [-0.1, -0.05) is 29.5 Å². The van der Waals surface area contributed by atoms with Gasteiger partial charge in [0.2, 0.25) is 0 Å². The van der Waals surface area contributed by atoms with Crippen molar-refractivity contribution in [2.75, 3.05) is 18.4 Å². The van der Waals surface area contributed by atoms with Gasteiger partial charge in [0.25, 0.3) is 0 Å². The largest absolute Gasteiger partial charge is 0.370 e. The van der Waals surface area contributed by atoms with Gasteiger partial charge in [-0.3, -0.25) is 10.00 Å². The van der Waals surface area contributed by atoms with Gasteiger partial charge in [0.05, 0.1) is 32.0 Å². The van der Waals surface area contributed by atoms with Crippen LogP contribution in [0.5, 0.6) is 0 Å². The summed E-state index contributed by atoms with van der Waals surface area (Å²) in [4.78, 5) is 13.7. The van der Waals surface area contributed by atoms with E-state index in [9.17, 15) is 4.79 Å². The number of likely N-dealkylation sites (tertiary alicyclic amines) is 1. The van der Waals surface area contributed by atoms with E-state index in [4.69, 9.17) is 4.74 Å². The number of hydrogen-bond donors (Lipinski definition) is 1. The molecule has 1 saturated heterocycles. The molecule has 0 radical (unpaired) electrons. The fraction of sp³-hybridized carbons (Fsp3) is 0.400. The average molecular weight is 301 g/mol. The molecule has 1 aromatic carbocycles. The second-order valence-corrected chi connectivity index (χ2v) is 5.47. The number of nitrogens with zero attached hydrogens (tertiary/aromatic N) is 4. The van der Waals surface area contributed by atoms with Crippen LogP contribution in [0.3, 0.4) is 0 Å². The molecule has 0 spiro atoms. The maximum atomic E-state index is 12.0. The molecule has 1 aromatic heterocycles. The van der Waals surface area contributed by atoms with Crippen LogP contribution >= 0.6 is 0 Å². The Kier molecular flexibility index (Phi) is 4.06. The molecule has 7 nitrogen and oxygen atoms in total. The SMILES string of the molecule is Cc1ccccc1COC1CN(C(=O)Nc2cn(C)nn2)C1. The van der Waals surface area contributed by atoms with E-state index in [1.807, 2.05) is 12.1 Å². The van der Waals surface area contributed by atoms with E-state index >= 15 is 0 Å². The van der Waals surface area contributed by atoms with E-state index < -0.39 is 0 Å². The molecule has 1 aliphatic rings. The van der Waals surface area contributed by atoms with Crippen molar-refractivity contribution in [3.63, 3.8) is 0 Å². The third-order valence-electron chi connectivity index (χ3n) is 3.71. The molecule has 22 heavy (non-hydrogen) atoms. The van der Waals surface area contributed by atoms with Crippen molar-refractivity contribution in [2.45, 2.75) is 19.6 Å². The van der Waals surface area contributed by atoms with Crippen molar-refractivity contribution in [1.82, 2.24) is 19.9 Å². The quantitative estimate of drug-likeness (QED) is 0.930. The first-order chi connectivity index (χ1) is 10.6. The smallest absolute Gasteiger partial charge is 0.323 e. The van der Waals surface area contributed by atoms with Crippen molar-refractivity contribution in [3.05, 3.63) is 41.6 Å². The van der Waals surface area contributed by atoms with Crippen LogP contribution in [0.2, 0.25) is 0 Å². The van der Waals surface area contributed by atoms with Crippen molar-refractivity contribution >= 4 is 11.8 Å². The molecule has 0 saturated carbocycles. The number of urea groups is 1. The summed E-state index contributed by atoms with van der Waals surface area (Å²) in [5.41, 5.74) is 2.41. The standard InChI is InChI=1S/C15H19N5O2/c1-11-5-3-4-6-12(11)10-22-13-7-20(8-13)15(21)16-14-9-19(2)18-17-14/h3-6,9,13H,7-8,10H2,1-2H3,(H,16,21). The average Bonchev–Trinajstić information content (AvgIpc) is 2.84. The van der Waals surface area contributed by atoms with Gasteiger partial charge in [-0.05, 0) is 18.1 Å². The molecule has 1 aliphatic heterocycles. The molecule has 2 heterocycles. The Morgan fingerprint density at radius 1 is 1.41 bits per heavy atom. The molecule has 0 unspecified atom stereocenters. The fourth-order valence-electron chi connectivity index (χ4n) is 2.28. The second kappa shape index (κ2) is 6.15. The van der Waals surface area contributed by atoms with Crippen molar-refractivity contribution in [3.8, 4) is 0 Å². The van der Waals surface area contributed by atoms with Gasteiger partial charge >= 0.3 is 6.03 Å². The predicted octanol–water partition coefficient (Wildman–Crippen LogP) is 1.56. The lowest BCUT2D eigenvalue weighted by Gasteiger charge is -2.38. The van der Waals surface area contributed by atoms with Crippen LogP contribution in [0.15, 0.2) is 30.5 Å². The number of aryl methyl sites for hydroxylation is 2. The number of rotatable bonds is 4. The normalized spacial score (nSPS) is 14.7. The number of nitrogens with one attached hydrogen (secondary N) is 1. The van der Waals surface area contributed by atoms with Gasteiger partial charge in [-0.15, -0.1) is 5.10 Å². The van der Waals surface area contributed by atoms with Crippen molar-refractivity contribution in [2.24, 2.45) is 7.05 Å². The summed E-state index contributed by atoms with van der Waals surface area (Å²) in [6.07, 6.45) is 1.75. The van der Waals surface area contributed by atoms with Crippen molar-refractivity contribution < 1.29 is 9.53 Å². The Balaban J connectivity index is 1.42. The number of ether oxygens (including phenoxy) is 1. The van der Waals surface area contributed by atoms with Crippen LogP contribution in [0.25, 0.3) is 0 Å². The van der Waals surface area contributed by atoms with Crippen LogP contribution in [0, 0.1) is 6.92 Å².